The highest BCUT2D eigenvalue weighted by Crippen LogP contribution is 2.29. The van der Waals surface area contributed by atoms with Crippen LogP contribution < -0.4 is 5.32 Å². The summed E-state index contributed by atoms with van der Waals surface area (Å²) in [5.74, 6) is 2.61. The molecule has 3 aromatic rings. The van der Waals surface area contributed by atoms with Crippen molar-refractivity contribution in [3.05, 3.63) is 59.9 Å². The number of alkyl halides is 1. The fourth-order valence-electron chi connectivity index (χ4n) is 5.36. The normalized spacial score (nSPS) is 20.7. The molecule has 1 saturated carbocycles. The van der Waals surface area contributed by atoms with Crippen molar-refractivity contribution in [2.45, 2.75) is 102 Å². The number of hydrogen-bond donors (Lipinski definition) is 2. The SMILES string of the molecule is Cc1cn(C2CCCCCC(Nc3n[nH]c(C(CCCCCl)c4ccccc4)n3)CCCC2)cn1. The molecule has 0 amide bonds. The molecule has 3 atom stereocenters. The molecule has 1 fully saturated rings. The monoisotopic (exact) mass is 496 g/mol. The fourth-order valence-corrected chi connectivity index (χ4v) is 5.54. The maximum atomic E-state index is 5.94. The second-order valence-electron chi connectivity index (χ2n) is 10.1. The lowest BCUT2D eigenvalue weighted by Crippen LogP contribution is -2.20. The summed E-state index contributed by atoms with van der Waals surface area (Å²) < 4.78 is 2.34. The number of halogens is 1. The first kappa shape index (κ1) is 25.7. The van der Waals surface area contributed by atoms with Gasteiger partial charge >= 0.3 is 0 Å². The first-order valence-corrected chi connectivity index (χ1v) is 14.1. The highest BCUT2D eigenvalue weighted by molar-refractivity contribution is 6.17. The highest BCUT2D eigenvalue weighted by Gasteiger charge is 2.20. The molecule has 0 saturated heterocycles. The number of aromatic amines is 1. The minimum absolute atomic E-state index is 0.221. The van der Waals surface area contributed by atoms with E-state index in [1.807, 2.05) is 6.33 Å². The van der Waals surface area contributed by atoms with E-state index in [-0.39, 0.29) is 5.92 Å². The van der Waals surface area contributed by atoms with Gasteiger partial charge in [0.2, 0.25) is 5.95 Å². The Labute approximate surface area is 215 Å². The van der Waals surface area contributed by atoms with Crippen molar-refractivity contribution in [3.63, 3.8) is 0 Å². The Morgan fingerprint density at radius 3 is 2.51 bits per heavy atom. The van der Waals surface area contributed by atoms with Crippen molar-refractivity contribution in [2.75, 3.05) is 11.2 Å². The average molecular weight is 497 g/mol. The maximum Gasteiger partial charge on any atom is 0.242 e. The van der Waals surface area contributed by atoms with Gasteiger partial charge in [-0.2, -0.15) is 4.98 Å². The topological polar surface area (TPSA) is 71.4 Å². The number of aromatic nitrogens is 5. The van der Waals surface area contributed by atoms with Crippen LogP contribution in [0, 0.1) is 6.92 Å². The minimum atomic E-state index is 0.221. The largest absolute Gasteiger partial charge is 0.350 e. The number of unbranched alkanes of at least 4 members (excludes halogenated alkanes) is 1. The van der Waals surface area contributed by atoms with Gasteiger partial charge in [0.1, 0.15) is 5.82 Å². The number of H-pyrrole nitrogens is 1. The molecule has 0 radical (unpaired) electrons. The summed E-state index contributed by atoms with van der Waals surface area (Å²) in [6.45, 7) is 2.08. The zero-order chi connectivity index (χ0) is 24.3. The number of aryl methyl sites for hydroxylation is 1. The van der Waals surface area contributed by atoms with Crippen LogP contribution in [-0.4, -0.2) is 36.7 Å². The molecule has 7 heteroatoms. The summed E-state index contributed by atoms with van der Waals surface area (Å²) in [7, 11) is 0. The summed E-state index contributed by atoms with van der Waals surface area (Å²) in [6, 6.07) is 11.6. The molecule has 4 rings (SSSR count). The second-order valence-corrected chi connectivity index (χ2v) is 10.5. The number of anilines is 1. The van der Waals surface area contributed by atoms with Crippen molar-refractivity contribution in [1.82, 2.24) is 24.7 Å². The number of rotatable bonds is 9. The zero-order valence-electron chi connectivity index (χ0n) is 21.1. The molecular weight excluding hydrogens is 456 g/mol. The van der Waals surface area contributed by atoms with Crippen LogP contribution in [0.4, 0.5) is 5.95 Å². The number of benzene rings is 1. The number of hydrogen-bond acceptors (Lipinski definition) is 4. The third kappa shape index (κ3) is 7.83. The molecule has 1 aliphatic rings. The molecule has 6 nitrogen and oxygen atoms in total. The zero-order valence-corrected chi connectivity index (χ0v) is 21.9. The van der Waals surface area contributed by atoms with Gasteiger partial charge in [0, 0.05) is 30.1 Å². The van der Waals surface area contributed by atoms with E-state index in [1.54, 1.807) is 0 Å². The van der Waals surface area contributed by atoms with Crippen LogP contribution in [0.25, 0.3) is 0 Å². The van der Waals surface area contributed by atoms with E-state index in [0.29, 0.717) is 18.0 Å². The summed E-state index contributed by atoms with van der Waals surface area (Å²) in [5, 5.41) is 11.5. The lowest BCUT2D eigenvalue weighted by Gasteiger charge is -2.18. The molecule has 2 heterocycles. The van der Waals surface area contributed by atoms with Gasteiger partial charge in [-0.25, -0.2) is 4.98 Å². The van der Waals surface area contributed by atoms with Crippen LogP contribution in [0.1, 0.15) is 106 Å². The first-order chi connectivity index (χ1) is 17.2. The van der Waals surface area contributed by atoms with Crippen molar-refractivity contribution in [1.29, 1.82) is 0 Å². The predicted octanol–water partition coefficient (Wildman–Crippen LogP) is 7.40. The molecule has 190 valence electrons. The number of nitrogens with one attached hydrogen (secondary N) is 2. The molecule has 0 spiro atoms. The second kappa shape index (κ2) is 13.7. The number of nitrogens with zero attached hydrogens (tertiary/aromatic N) is 4. The van der Waals surface area contributed by atoms with Gasteiger partial charge in [-0.3, -0.25) is 5.10 Å². The fraction of sp³-hybridized carbons (Fsp3) is 0.607. The third-order valence-corrected chi connectivity index (χ3v) is 7.59. The summed E-state index contributed by atoms with van der Waals surface area (Å²) >= 11 is 5.94. The van der Waals surface area contributed by atoms with Crippen molar-refractivity contribution < 1.29 is 0 Å². The van der Waals surface area contributed by atoms with Crippen LogP contribution in [-0.2, 0) is 0 Å². The van der Waals surface area contributed by atoms with E-state index in [0.717, 1.165) is 43.1 Å². The van der Waals surface area contributed by atoms with Crippen LogP contribution in [0.15, 0.2) is 42.9 Å². The summed E-state index contributed by atoms with van der Waals surface area (Å²) in [5.41, 5.74) is 2.39. The van der Waals surface area contributed by atoms with E-state index in [1.165, 1.54) is 56.9 Å². The molecular formula is C28H41ClN6. The van der Waals surface area contributed by atoms with Gasteiger partial charge in [0.25, 0.3) is 0 Å². The van der Waals surface area contributed by atoms with E-state index < -0.39 is 0 Å². The van der Waals surface area contributed by atoms with Crippen LogP contribution in [0.3, 0.4) is 0 Å². The molecule has 0 aliphatic heterocycles. The molecule has 2 N–H and O–H groups in total. The lowest BCUT2D eigenvalue weighted by atomic mass is 9.93. The predicted molar refractivity (Wildman–Crippen MR) is 144 cm³/mol. The Morgan fingerprint density at radius 2 is 1.77 bits per heavy atom. The summed E-state index contributed by atoms with van der Waals surface area (Å²) in [6.07, 6.45) is 18.4. The lowest BCUT2D eigenvalue weighted by molar-refractivity contribution is 0.403. The Hall–Kier alpha value is -2.34. The van der Waals surface area contributed by atoms with E-state index in [9.17, 15) is 0 Å². The van der Waals surface area contributed by atoms with Crippen molar-refractivity contribution in [2.24, 2.45) is 0 Å². The molecule has 2 aromatic heterocycles. The van der Waals surface area contributed by atoms with Crippen molar-refractivity contribution >= 4 is 17.5 Å². The molecule has 35 heavy (non-hydrogen) atoms. The standard InChI is InChI=1S/C28H41ClN6/c1-22-20-35(21-30-22)25-16-7-3-6-14-24(15-8-9-17-25)31-28-32-27(33-34-28)26(18-10-11-19-29)23-12-4-2-5-13-23/h2,4-5,12-13,20-21,24-26H,3,6-11,14-19H2,1H3,(H2,31,32,33,34). The molecule has 3 unspecified atom stereocenters. The third-order valence-electron chi connectivity index (χ3n) is 7.33. The van der Waals surface area contributed by atoms with Gasteiger partial charge in [0.15, 0.2) is 0 Å². The Bertz CT molecular complexity index is 984. The van der Waals surface area contributed by atoms with Gasteiger partial charge in [-0.05, 0) is 51.0 Å². The van der Waals surface area contributed by atoms with Gasteiger partial charge in [0.05, 0.1) is 12.0 Å². The maximum absolute atomic E-state index is 5.94. The van der Waals surface area contributed by atoms with Gasteiger partial charge in [-0.15, -0.1) is 16.7 Å². The van der Waals surface area contributed by atoms with Crippen LogP contribution in [0.5, 0.6) is 0 Å². The van der Waals surface area contributed by atoms with E-state index in [2.05, 4.69) is 68.5 Å². The smallest absolute Gasteiger partial charge is 0.242 e. The van der Waals surface area contributed by atoms with E-state index in [4.69, 9.17) is 16.6 Å². The minimum Gasteiger partial charge on any atom is -0.350 e. The van der Waals surface area contributed by atoms with Gasteiger partial charge < -0.3 is 9.88 Å². The molecule has 1 aliphatic carbocycles. The van der Waals surface area contributed by atoms with Crippen molar-refractivity contribution in [3.8, 4) is 0 Å². The summed E-state index contributed by atoms with van der Waals surface area (Å²) in [4.78, 5) is 9.36. The quantitative estimate of drug-likeness (QED) is 0.239. The number of imidazole rings is 1. The Kier molecular flexibility index (Phi) is 10.1. The molecule has 1 aromatic carbocycles. The molecule has 0 bridgehead atoms. The Morgan fingerprint density at radius 1 is 1.03 bits per heavy atom. The first-order valence-electron chi connectivity index (χ1n) is 13.5. The van der Waals surface area contributed by atoms with Crippen LogP contribution >= 0.6 is 11.6 Å². The highest BCUT2D eigenvalue weighted by atomic mass is 35.5. The van der Waals surface area contributed by atoms with E-state index >= 15 is 0 Å². The Balaban J connectivity index is 1.35. The average Bonchev–Trinajstić information content (AvgIpc) is 3.51. The van der Waals surface area contributed by atoms with Gasteiger partial charge in [-0.1, -0.05) is 68.9 Å². The van der Waals surface area contributed by atoms with Crippen LogP contribution in [0.2, 0.25) is 0 Å².